The molecule has 1 N–H and O–H groups in total. The molecule has 1 atom stereocenters. The van der Waals surface area contributed by atoms with Crippen molar-refractivity contribution in [1.29, 1.82) is 0 Å². The molecule has 7 heteroatoms. The van der Waals surface area contributed by atoms with E-state index in [-0.39, 0.29) is 11.7 Å². The van der Waals surface area contributed by atoms with Gasteiger partial charge in [0.05, 0.1) is 5.56 Å². The first-order valence-electron chi connectivity index (χ1n) is 8.87. The molecule has 0 radical (unpaired) electrons. The number of hydrogen-bond acceptors (Lipinski definition) is 3. The first-order valence-corrected chi connectivity index (χ1v) is 9.66. The highest BCUT2D eigenvalue weighted by molar-refractivity contribution is 9.10. The minimum absolute atomic E-state index is 0.0345. The Morgan fingerprint density at radius 1 is 1.38 bits per heavy atom. The second-order valence-electron chi connectivity index (χ2n) is 7.60. The zero-order valence-electron chi connectivity index (χ0n) is 15.5. The van der Waals surface area contributed by atoms with E-state index in [1.807, 2.05) is 20.8 Å². The maximum absolute atomic E-state index is 13.8. The summed E-state index contributed by atoms with van der Waals surface area (Å²) in [6, 6.07) is 4.37. The van der Waals surface area contributed by atoms with E-state index in [2.05, 4.69) is 21.2 Å². The van der Waals surface area contributed by atoms with Crippen LogP contribution in [0.5, 0.6) is 0 Å². The molecule has 0 spiro atoms. The number of ether oxygens (including phenoxy) is 1. The standard InChI is InChI=1S/C19H26BrFN2O3/c1-19(2,3)26-18(25)23-10-4-5-13(12-23)8-9-22-17(24)15-7-6-14(20)11-16(15)21/h6-7,11,13H,4-5,8-10,12H2,1-3H3,(H,22,24). The summed E-state index contributed by atoms with van der Waals surface area (Å²) in [7, 11) is 0. The number of piperidine rings is 1. The van der Waals surface area contributed by atoms with E-state index in [0.29, 0.717) is 30.0 Å². The number of amides is 2. The molecule has 0 aliphatic carbocycles. The fourth-order valence-corrected chi connectivity index (χ4v) is 3.28. The van der Waals surface area contributed by atoms with Crippen molar-refractivity contribution in [2.75, 3.05) is 19.6 Å². The monoisotopic (exact) mass is 428 g/mol. The van der Waals surface area contributed by atoms with E-state index in [1.165, 1.54) is 12.1 Å². The summed E-state index contributed by atoms with van der Waals surface area (Å²) in [6.07, 6.45) is 2.37. The first kappa shape index (κ1) is 20.7. The Morgan fingerprint density at radius 2 is 2.12 bits per heavy atom. The van der Waals surface area contributed by atoms with Crippen LogP contribution in [0.4, 0.5) is 9.18 Å². The number of likely N-dealkylation sites (tertiary alicyclic amines) is 1. The van der Waals surface area contributed by atoms with E-state index < -0.39 is 17.3 Å². The third-order valence-electron chi connectivity index (χ3n) is 4.18. The first-order chi connectivity index (χ1) is 12.2. The summed E-state index contributed by atoms with van der Waals surface area (Å²) in [6.45, 7) is 7.32. The lowest BCUT2D eigenvalue weighted by Gasteiger charge is -2.34. The van der Waals surface area contributed by atoms with Gasteiger partial charge in [-0.2, -0.15) is 0 Å². The number of rotatable bonds is 4. The number of nitrogens with one attached hydrogen (secondary N) is 1. The van der Waals surface area contributed by atoms with Gasteiger partial charge in [-0.15, -0.1) is 0 Å². The second kappa shape index (κ2) is 8.84. The Hall–Kier alpha value is -1.63. The molecule has 1 fully saturated rings. The molecule has 0 bridgehead atoms. The highest BCUT2D eigenvalue weighted by Crippen LogP contribution is 2.21. The molecule has 0 aromatic heterocycles. The maximum Gasteiger partial charge on any atom is 0.410 e. The van der Waals surface area contributed by atoms with Crippen molar-refractivity contribution in [3.05, 3.63) is 34.1 Å². The van der Waals surface area contributed by atoms with Crippen molar-refractivity contribution in [3.8, 4) is 0 Å². The number of hydrogen-bond donors (Lipinski definition) is 1. The zero-order chi connectivity index (χ0) is 19.3. The highest BCUT2D eigenvalue weighted by Gasteiger charge is 2.27. The predicted molar refractivity (Wildman–Crippen MR) is 102 cm³/mol. The van der Waals surface area contributed by atoms with E-state index in [0.717, 1.165) is 19.3 Å². The molecule has 1 heterocycles. The lowest BCUT2D eigenvalue weighted by Crippen LogP contribution is -2.43. The summed E-state index contributed by atoms with van der Waals surface area (Å²) < 4.78 is 19.8. The molecule has 0 saturated carbocycles. The summed E-state index contributed by atoms with van der Waals surface area (Å²) in [5.74, 6) is -0.674. The molecule has 2 amide bonds. The summed E-state index contributed by atoms with van der Waals surface area (Å²) in [4.78, 5) is 26.0. The van der Waals surface area contributed by atoms with Crippen molar-refractivity contribution in [2.45, 2.75) is 45.6 Å². The molecular formula is C19H26BrFN2O3. The fraction of sp³-hybridized carbons (Fsp3) is 0.579. The van der Waals surface area contributed by atoms with E-state index >= 15 is 0 Å². The average molecular weight is 429 g/mol. The number of nitrogens with zero attached hydrogens (tertiary/aromatic N) is 1. The highest BCUT2D eigenvalue weighted by atomic mass is 79.9. The van der Waals surface area contributed by atoms with Gasteiger partial charge in [-0.25, -0.2) is 9.18 Å². The fourth-order valence-electron chi connectivity index (χ4n) is 2.95. The normalized spacial score (nSPS) is 17.7. The number of benzene rings is 1. The Bertz CT molecular complexity index is 661. The Balaban J connectivity index is 1.80. The maximum atomic E-state index is 13.8. The van der Waals surface area contributed by atoms with Gasteiger partial charge in [0.1, 0.15) is 11.4 Å². The van der Waals surface area contributed by atoms with Crippen LogP contribution in [-0.4, -0.2) is 42.1 Å². The average Bonchev–Trinajstić information content (AvgIpc) is 2.53. The van der Waals surface area contributed by atoms with Crippen molar-refractivity contribution < 1.29 is 18.7 Å². The van der Waals surface area contributed by atoms with Gasteiger partial charge < -0.3 is 15.0 Å². The van der Waals surface area contributed by atoms with Crippen molar-refractivity contribution in [1.82, 2.24) is 10.2 Å². The summed E-state index contributed by atoms with van der Waals surface area (Å²) in [5.41, 5.74) is -0.473. The smallest absolute Gasteiger partial charge is 0.410 e. The van der Waals surface area contributed by atoms with Crippen LogP contribution in [0.15, 0.2) is 22.7 Å². The van der Waals surface area contributed by atoms with Crippen LogP contribution in [0.1, 0.15) is 50.4 Å². The number of carbonyl (C=O) groups excluding carboxylic acids is 2. The van der Waals surface area contributed by atoms with Gasteiger partial charge in [-0.3, -0.25) is 4.79 Å². The van der Waals surface area contributed by atoms with Crippen LogP contribution < -0.4 is 5.32 Å². The van der Waals surface area contributed by atoms with E-state index in [1.54, 1.807) is 11.0 Å². The SMILES string of the molecule is CC(C)(C)OC(=O)N1CCCC(CCNC(=O)c2ccc(Br)cc2F)C1. The lowest BCUT2D eigenvalue weighted by molar-refractivity contribution is 0.0161. The van der Waals surface area contributed by atoms with Gasteiger partial charge in [-0.1, -0.05) is 15.9 Å². The van der Waals surface area contributed by atoms with Crippen LogP contribution in [0.3, 0.4) is 0 Å². The molecule has 5 nitrogen and oxygen atoms in total. The Morgan fingerprint density at radius 3 is 2.77 bits per heavy atom. The van der Waals surface area contributed by atoms with Gasteiger partial charge in [0, 0.05) is 24.1 Å². The lowest BCUT2D eigenvalue weighted by atomic mass is 9.95. The number of halogens is 2. The molecule has 26 heavy (non-hydrogen) atoms. The molecular weight excluding hydrogens is 403 g/mol. The molecule has 1 aliphatic rings. The third-order valence-corrected chi connectivity index (χ3v) is 4.68. The largest absolute Gasteiger partial charge is 0.444 e. The zero-order valence-corrected chi connectivity index (χ0v) is 17.1. The molecule has 1 saturated heterocycles. The van der Waals surface area contributed by atoms with Crippen molar-refractivity contribution >= 4 is 27.9 Å². The number of carbonyl (C=O) groups is 2. The predicted octanol–water partition coefficient (Wildman–Crippen LogP) is 4.36. The minimum atomic E-state index is -0.550. The Labute approximate surface area is 162 Å². The second-order valence-corrected chi connectivity index (χ2v) is 8.52. The summed E-state index contributed by atoms with van der Waals surface area (Å²) in [5, 5.41) is 2.76. The minimum Gasteiger partial charge on any atom is -0.444 e. The quantitative estimate of drug-likeness (QED) is 0.774. The van der Waals surface area contributed by atoms with Crippen molar-refractivity contribution in [3.63, 3.8) is 0 Å². The molecule has 1 aliphatic heterocycles. The summed E-state index contributed by atoms with van der Waals surface area (Å²) >= 11 is 3.17. The van der Waals surface area contributed by atoms with Gasteiger partial charge in [0.25, 0.3) is 5.91 Å². The molecule has 1 aromatic rings. The van der Waals surface area contributed by atoms with Gasteiger partial charge in [0.15, 0.2) is 0 Å². The van der Waals surface area contributed by atoms with Crippen LogP contribution >= 0.6 is 15.9 Å². The van der Waals surface area contributed by atoms with Gasteiger partial charge >= 0.3 is 6.09 Å². The van der Waals surface area contributed by atoms with Gasteiger partial charge in [0.2, 0.25) is 0 Å². The van der Waals surface area contributed by atoms with E-state index in [9.17, 15) is 14.0 Å². The van der Waals surface area contributed by atoms with Gasteiger partial charge in [-0.05, 0) is 64.2 Å². The van der Waals surface area contributed by atoms with Crippen LogP contribution in [0, 0.1) is 11.7 Å². The van der Waals surface area contributed by atoms with Crippen LogP contribution in [0.2, 0.25) is 0 Å². The topological polar surface area (TPSA) is 58.6 Å². The van der Waals surface area contributed by atoms with Crippen LogP contribution in [0.25, 0.3) is 0 Å². The molecule has 1 unspecified atom stereocenters. The molecule has 2 rings (SSSR count). The van der Waals surface area contributed by atoms with Crippen molar-refractivity contribution in [2.24, 2.45) is 5.92 Å². The van der Waals surface area contributed by atoms with Crippen LogP contribution in [-0.2, 0) is 4.74 Å². The van der Waals surface area contributed by atoms with E-state index in [4.69, 9.17) is 4.74 Å². The molecule has 1 aromatic carbocycles. The third kappa shape index (κ3) is 6.27. The molecule has 144 valence electrons. The Kier molecular flexibility index (Phi) is 7.03.